The Bertz CT molecular complexity index is 763. The average Bonchev–Trinajstić information content (AvgIpc) is 2.67. The van der Waals surface area contributed by atoms with E-state index in [9.17, 15) is 9.18 Å². The Morgan fingerprint density at radius 2 is 1.75 bits per heavy atom. The minimum absolute atomic E-state index is 0.104. The molecule has 0 spiro atoms. The van der Waals surface area contributed by atoms with Gasteiger partial charge in [-0.05, 0) is 35.2 Å². The van der Waals surface area contributed by atoms with Crippen molar-refractivity contribution in [3.8, 4) is 0 Å². The fraction of sp³-hybridized carbons (Fsp3) is 0.478. The zero-order chi connectivity index (χ0) is 20.1. The van der Waals surface area contributed by atoms with Gasteiger partial charge in [0.25, 0.3) is 0 Å². The predicted molar refractivity (Wildman–Crippen MR) is 110 cm³/mol. The van der Waals surface area contributed by atoms with Crippen LogP contribution in [0.1, 0.15) is 37.9 Å². The number of piperazine rings is 1. The number of hydrogen-bond acceptors (Lipinski definition) is 3. The first kappa shape index (κ1) is 20.5. The van der Waals surface area contributed by atoms with Crippen molar-refractivity contribution in [2.24, 2.45) is 5.41 Å². The first-order valence-corrected chi connectivity index (χ1v) is 9.98. The zero-order valence-corrected chi connectivity index (χ0v) is 17.1. The van der Waals surface area contributed by atoms with Gasteiger partial charge < -0.3 is 4.90 Å². The van der Waals surface area contributed by atoms with E-state index in [4.69, 9.17) is 0 Å². The van der Waals surface area contributed by atoms with Crippen LogP contribution in [-0.4, -0.2) is 53.4 Å². The molecule has 0 aliphatic carbocycles. The lowest BCUT2D eigenvalue weighted by Gasteiger charge is -2.39. The van der Waals surface area contributed by atoms with Gasteiger partial charge in [-0.25, -0.2) is 4.39 Å². The second kappa shape index (κ2) is 8.82. The van der Waals surface area contributed by atoms with Gasteiger partial charge in [0.1, 0.15) is 5.82 Å². The summed E-state index contributed by atoms with van der Waals surface area (Å²) in [5, 5.41) is 0. The molecule has 1 aliphatic rings. The average molecular weight is 384 g/mol. The van der Waals surface area contributed by atoms with Crippen LogP contribution in [0.2, 0.25) is 0 Å². The zero-order valence-electron chi connectivity index (χ0n) is 17.1. The highest BCUT2D eigenvalue weighted by Gasteiger charge is 2.30. The lowest BCUT2D eigenvalue weighted by Crippen LogP contribution is -2.51. The Kier molecular flexibility index (Phi) is 6.45. The Morgan fingerprint density at radius 3 is 2.32 bits per heavy atom. The molecule has 1 atom stereocenters. The van der Waals surface area contributed by atoms with Gasteiger partial charge in [-0.15, -0.1) is 0 Å². The monoisotopic (exact) mass is 383 g/mol. The Hall–Kier alpha value is -2.27. The lowest BCUT2D eigenvalue weighted by atomic mass is 9.92. The summed E-state index contributed by atoms with van der Waals surface area (Å²) in [6.07, 6.45) is 2.26. The van der Waals surface area contributed by atoms with Crippen molar-refractivity contribution in [2.45, 2.75) is 33.1 Å². The first-order chi connectivity index (χ1) is 13.3. The molecule has 0 saturated carbocycles. The fourth-order valence-corrected chi connectivity index (χ4v) is 3.79. The summed E-state index contributed by atoms with van der Waals surface area (Å²) < 4.78 is 13.4. The fourth-order valence-electron chi connectivity index (χ4n) is 3.79. The van der Waals surface area contributed by atoms with Crippen molar-refractivity contribution in [2.75, 3.05) is 32.7 Å². The third kappa shape index (κ3) is 5.61. The van der Waals surface area contributed by atoms with Crippen molar-refractivity contribution >= 4 is 5.91 Å². The molecule has 0 radical (unpaired) electrons. The molecule has 1 saturated heterocycles. The van der Waals surface area contributed by atoms with Gasteiger partial charge in [0.15, 0.2) is 0 Å². The number of rotatable bonds is 5. The maximum absolute atomic E-state index is 13.4. The topological polar surface area (TPSA) is 36.4 Å². The highest BCUT2D eigenvalue weighted by Crippen LogP contribution is 2.25. The molecule has 0 bridgehead atoms. The molecule has 0 N–H and O–H groups in total. The summed E-state index contributed by atoms with van der Waals surface area (Å²) in [6, 6.07) is 12.0. The largest absolute Gasteiger partial charge is 0.340 e. The smallest absolute Gasteiger partial charge is 0.230 e. The number of benzene rings is 1. The number of aromatic nitrogens is 1. The second-order valence-corrected chi connectivity index (χ2v) is 8.79. The van der Waals surface area contributed by atoms with Crippen LogP contribution in [0.25, 0.3) is 0 Å². The first-order valence-electron chi connectivity index (χ1n) is 9.98. The molecule has 1 aromatic carbocycles. The quantitative estimate of drug-likeness (QED) is 0.789. The Morgan fingerprint density at radius 1 is 1.07 bits per heavy atom. The molecule has 1 amide bonds. The minimum atomic E-state index is -0.343. The molecule has 1 aliphatic heterocycles. The highest BCUT2D eigenvalue weighted by molar-refractivity contribution is 5.84. The summed E-state index contributed by atoms with van der Waals surface area (Å²) in [5.74, 6) is -0.527. The third-order valence-electron chi connectivity index (χ3n) is 5.09. The van der Waals surface area contributed by atoms with E-state index in [-0.39, 0.29) is 23.1 Å². The molecule has 28 heavy (non-hydrogen) atoms. The second-order valence-electron chi connectivity index (χ2n) is 8.79. The van der Waals surface area contributed by atoms with Crippen LogP contribution in [0.3, 0.4) is 0 Å². The Balaban J connectivity index is 1.73. The predicted octanol–water partition coefficient (Wildman–Crippen LogP) is 3.74. The maximum atomic E-state index is 13.4. The van der Waals surface area contributed by atoms with Gasteiger partial charge in [-0.1, -0.05) is 39.0 Å². The SMILES string of the molecule is CC(C)(C)CN1CCN(C(=O)C(Cc2ccccn2)c2ccc(F)cc2)CC1. The summed E-state index contributed by atoms with van der Waals surface area (Å²) >= 11 is 0. The normalized spacial score (nSPS) is 16.8. The minimum Gasteiger partial charge on any atom is -0.340 e. The van der Waals surface area contributed by atoms with Crippen LogP contribution in [-0.2, 0) is 11.2 Å². The molecule has 1 fully saturated rings. The van der Waals surface area contributed by atoms with Gasteiger partial charge in [0.05, 0.1) is 5.92 Å². The molecule has 1 unspecified atom stereocenters. The van der Waals surface area contributed by atoms with Crippen molar-refractivity contribution in [1.29, 1.82) is 0 Å². The van der Waals surface area contributed by atoms with Crippen LogP contribution in [0, 0.1) is 11.2 Å². The summed E-state index contributed by atoms with van der Waals surface area (Å²) in [6.45, 7) is 11.0. The molecule has 2 aromatic rings. The van der Waals surface area contributed by atoms with E-state index in [1.54, 1.807) is 18.3 Å². The number of hydrogen-bond donors (Lipinski definition) is 0. The molecular formula is C23H30FN3O. The number of amides is 1. The van der Waals surface area contributed by atoms with Gasteiger partial charge in [-0.2, -0.15) is 0 Å². The number of carbonyl (C=O) groups is 1. The highest BCUT2D eigenvalue weighted by atomic mass is 19.1. The van der Waals surface area contributed by atoms with E-state index in [0.717, 1.165) is 44.0 Å². The molecule has 3 rings (SSSR count). The van der Waals surface area contributed by atoms with Crippen molar-refractivity contribution < 1.29 is 9.18 Å². The van der Waals surface area contributed by atoms with E-state index in [0.29, 0.717) is 6.42 Å². The van der Waals surface area contributed by atoms with Crippen LogP contribution >= 0.6 is 0 Å². The number of nitrogens with zero attached hydrogens (tertiary/aromatic N) is 3. The van der Waals surface area contributed by atoms with E-state index in [1.165, 1.54) is 12.1 Å². The van der Waals surface area contributed by atoms with Gasteiger partial charge in [0.2, 0.25) is 5.91 Å². The van der Waals surface area contributed by atoms with Crippen LogP contribution in [0.4, 0.5) is 4.39 Å². The molecule has 2 heterocycles. The van der Waals surface area contributed by atoms with E-state index < -0.39 is 0 Å². The molecule has 5 heteroatoms. The number of halogens is 1. The van der Waals surface area contributed by atoms with E-state index in [2.05, 4.69) is 30.7 Å². The van der Waals surface area contributed by atoms with Crippen LogP contribution in [0.5, 0.6) is 0 Å². The van der Waals surface area contributed by atoms with Crippen molar-refractivity contribution in [1.82, 2.24) is 14.8 Å². The number of pyridine rings is 1. The van der Waals surface area contributed by atoms with Gasteiger partial charge in [0, 0.05) is 51.0 Å². The third-order valence-corrected chi connectivity index (χ3v) is 5.09. The molecule has 1 aromatic heterocycles. The van der Waals surface area contributed by atoms with Crippen LogP contribution in [0.15, 0.2) is 48.7 Å². The molecule has 150 valence electrons. The number of carbonyl (C=O) groups excluding carboxylic acids is 1. The lowest BCUT2D eigenvalue weighted by molar-refractivity contribution is -0.134. The summed E-state index contributed by atoms with van der Waals surface area (Å²) in [7, 11) is 0. The standard InChI is InChI=1S/C23H30FN3O/c1-23(2,3)17-26-12-14-27(15-13-26)22(28)21(16-20-6-4-5-11-25-20)18-7-9-19(24)10-8-18/h4-11,21H,12-17H2,1-3H3. The maximum Gasteiger partial charge on any atom is 0.230 e. The van der Waals surface area contributed by atoms with E-state index >= 15 is 0 Å². The van der Waals surface area contributed by atoms with E-state index in [1.807, 2.05) is 23.1 Å². The summed E-state index contributed by atoms with van der Waals surface area (Å²) in [5.41, 5.74) is 1.97. The molecule has 4 nitrogen and oxygen atoms in total. The van der Waals surface area contributed by atoms with Crippen LogP contribution < -0.4 is 0 Å². The van der Waals surface area contributed by atoms with Gasteiger partial charge >= 0.3 is 0 Å². The van der Waals surface area contributed by atoms with Crippen molar-refractivity contribution in [3.05, 3.63) is 65.7 Å². The Labute approximate surface area is 167 Å². The molecular weight excluding hydrogens is 353 g/mol. The van der Waals surface area contributed by atoms with Crippen molar-refractivity contribution in [3.63, 3.8) is 0 Å². The summed E-state index contributed by atoms with van der Waals surface area (Å²) in [4.78, 5) is 22.1. The van der Waals surface area contributed by atoms with Gasteiger partial charge in [-0.3, -0.25) is 14.7 Å².